The largest absolute Gasteiger partial charge is 0.297 e. The predicted molar refractivity (Wildman–Crippen MR) is 106 cm³/mol. The molecule has 0 N–H and O–H groups in total. The molecular weight excluding hydrogens is 408 g/mol. The van der Waals surface area contributed by atoms with Gasteiger partial charge in [0.25, 0.3) is 0 Å². The monoisotopic (exact) mass is 414 g/mol. The molecule has 1 aliphatic heterocycles. The molecule has 0 fully saturated rings. The molecule has 0 amide bonds. The summed E-state index contributed by atoms with van der Waals surface area (Å²) >= 11 is 5.04. The van der Waals surface area contributed by atoms with Gasteiger partial charge < -0.3 is 0 Å². The molecule has 6 nitrogen and oxygen atoms in total. The average molecular weight is 415 g/mol. The van der Waals surface area contributed by atoms with Crippen LogP contribution >= 0.6 is 34.4 Å². The number of carbonyl (C=O) groups excluding carboxylic acids is 2. The van der Waals surface area contributed by atoms with Gasteiger partial charge in [-0.2, -0.15) is 17.5 Å². The van der Waals surface area contributed by atoms with E-state index in [2.05, 4.69) is 17.5 Å². The molecule has 5 rings (SSSR count). The van der Waals surface area contributed by atoms with Crippen molar-refractivity contribution in [1.82, 2.24) is 8.75 Å². The molecule has 4 aromatic rings. The van der Waals surface area contributed by atoms with Crippen LogP contribution in [0.2, 0.25) is 0 Å². The lowest BCUT2D eigenvalue weighted by Crippen LogP contribution is -1.85. The summed E-state index contributed by atoms with van der Waals surface area (Å²) in [6, 6.07) is 7.37. The molecule has 3 aromatic heterocycles. The fourth-order valence-corrected chi connectivity index (χ4v) is 5.68. The molecule has 0 atom stereocenters. The predicted octanol–water partition coefficient (Wildman–Crippen LogP) is 5.50. The molecular formula is C16H6N4O2S4. The van der Waals surface area contributed by atoms with E-state index >= 15 is 0 Å². The average Bonchev–Trinajstić information content (AvgIpc) is 3.45. The SMILES string of the molecule is O=Cc1ccc(-c2c3c(c(-c4ccc(C=O)s4)c4nsnc24)N=S=N3)s1. The lowest BCUT2D eigenvalue weighted by Gasteiger charge is -2.09. The van der Waals surface area contributed by atoms with Crippen LogP contribution in [0.4, 0.5) is 11.4 Å². The van der Waals surface area contributed by atoms with Crippen LogP contribution in [0.3, 0.4) is 0 Å². The normalized spacial score (nSPS) is 12.3. The number of nitrogens with zero attached hydrogens (tertiary/aromatic N) is 4. The number of aldehydes is 2. The van der Waals surface area contributed by atoms with Crippen LogP contribution in [0.15, 0.2) is 33.0 Å². The number of hydrogen-bond donors (Lipinski definition) is 0. The fraction of sp³-hybridized carbons (Fsp3) is 0. The maximum Gasteiger partial charge on any atom is 0.160 e. The fourth-order valence-electron chi connectivity index (χ4n) is 2.83. The summed E-state index contributed by atoms with van der Waals surface area (Å²) in [5.74, 6) is 0. The Bertz CT molecular complexity index is 1180. The Labute approximate surface area is 162 Å². The zero-order valence-corrected chi connectivity index (χ0v) is 16.0. The number of benzene rings is 1. The summed E-state index contributed by atoms with van der Waals surface area (Å²) in [6.45, 7) is 0. The van der Waals surface area contributed by atoms with E-state index < -0.39 is 0 Å². The second-order valence-electron chi connectivity index (χ2n) is 5.31. The molecule has 1 aromatic carbocycles. The van der Waals surface area contributed by atoms with Crippen molar-refractivity contribution in [2.75, 3.05) is 0 Å². The quantitative estimate of drug-likeness (QED) is 0.363. The van der Waals surface area contributed by atoms with Gasteiger partial charge in [0, 0.05) is 20.9 Å². The first-order valence-corrected chi connectivity index (χ1v) is 10.4. The van der Waals surface area contributed by atoms with Crippen molar-refractivity contribution in [3.63, 3.8) is 0 Å². The zero-order chi connectivity index (χ0) is 17.7. The molecule has 126 valence electrons. The maximum atomic E-state index is 11.1. The Morgan fingerprint density at radius 3 is 1.65 bits per heavy atom. The molecule has 1 aliphatic rings. The van der Waals surface area contributed by atoms with Crippen molar-refractivity contribution in [3.8, 4) is 20.9 Å². The van der Waals surface area contributed by atoms with E-state index in [9.17, 15) is 9.59 Å². The van der Waals surface area contributed by atoms with Crippen molar-refractivity contribution >= 4 is 80.7 Å². The van der Waals surface area contributed by atoms with Gasteiger partial charge in [-0.3, -0.25) is 9.59 Å². The van der Waals surface area contributed by atoms with Crippen molar-refractivity contribution in [1.29, 1.82) is 0 Å². The van der Waals surface area contributed by atoms with Crippen molar-refractivity contribution in [2.45, 2.75) is 0 Å². The van der Waals surface area contributed by atoms with Crippen molar-refractivity contribution in [2.24, 2.45) is 8.73 Å². The molecule has 0 spiro atoms. The minimum atomic E-state index is 0.644. The molecule has 4 heterocycles. The third-order valence-corrected chi connectivity index (χ3v) is 7.02. The van der Waals surface area contributed by atoms with Gasteiger partial charge in [-0.25, -0.2) is 0 Å². The standard InChI is InChI=1S/C16H6N4O2S4/c21-5-7-1-3-9(23-7)11-13-15(19-25-17-13)12(16-14(11)18-26-20-16)10-4-2-8(6-22)24-10/h1-6H. The molecule has 0 aliphatic carbocycles. The van der Waals surface area contributed by atoms with E-state index in [1.807, 2.05) is 12.1 Å². The minimum Gasteiger partial charge on any atom is -0.297 e. The number of fused-ring (bicyclic) bond motifs is 2. The summed E-state index contributed by atoms with van der Waals surface area (Å²) < 4.78 is 18.0. The van der Waals surface area contributed by atoms with E-state index in [4.69, 9.17) is 0 Å². The second-order valence-corrected chi connectivity index (χ2v) is 8.60. The third kappa shape index (κ3) is 2.27. The molecule has 0 saturated heterocycles. The summed E-state index contributed by atoms with van der Waals surface area (Å²) in [5, 5.41) is 0. The Hall–Kier alpha value is -2.40. The zero-order valence-electron chi connectivity index (χ0n) is 12.7. The van der Waals surface area contributed by atoms with Crippen molar-refractivity contribution < 1.29 is 9.59 Å². The third-order valence-electron chi connectivity index (χ3n) is 3.90. The van der Waals surface area contributed by atoms with Gasteiger partial charge in [-0.05, 0) is 24.3 Å². The van der Waals surface area contributed by atoms with Gasteiger partial charge >= 0.3 is 0 Å². The van der Waals surface area contributed by atoms with Crippen LogP contribution in [0.25, 0.3) is 31.9 Å². The lowest BCUT2D eigenvalue weighted by molar-refractivity contribution is 0.111. The lowest BCUT2D eigenvalue weighted by atomic mass is 10.0. The van der Waals surface area contributed by atoms with Gasteiger partial charge in [-0.1, -0.05) is 0 Å². The summed E-state index contributed by atoms with van der Waals surface area (Å²) in [7, 11) is 0. The van der Waals surface area contributed by atoms with Crippen LogP contribution in [0.5, 0.6) is 0 Å². The maximum absolute atomic E-state index is 11.1. The highest BCUT2D eigenvalue weighted by atomic mass is 32.1. The summed E-state index contributed by atoms with van der Waals surface area (Å²) in [4.78, 5) is 25.3. The molecule has 0 bridgehead atoms. The first kappa shape index (κ1) is 15.8. The first-order chi connectivity index (χ1) is 12.8. The Morgan fingerprint density at radius 1 is 0.731 bits per heavy atom. The number of thiophene rings is 2. The molecule has 0 unspecified atom stereocenters. The van der Waals surface area contributed by atoms with Gasteiger partial charge in [0.15, 0.2) is 12.6 Å². The summed E-state index contributed by atoms with van der Waals surface area (Å²) in [5.41, 5.74) is 4.67. The van der Waals surface area contributed by atoms with Gasteiger partial charge in [-0.15, -0.1) is 22.7 Å². The van der Waals surface area contributed by atoms with Crippen LogP contribution in [-0.2, 0) is 11.4 Å². The molecule has 10 heteroatoms. The van der Waals surface area contributed by atoms with Crippen LogP contribution in [-0.4, -0.2) is 21.3 Å². The second kappa shape index (κ2) is 6.09. The molecule has 0 saturated carbocycles. The highest BCUT2D eigenvalue weighted by Gasteiger charge is 2.27. The first-order valence-electron chi connectivity index (χ1n) is 7.31. The van der Waals surface area contributed by atoms with Crippen molar-refractivity contribution in [3.05, 3.63) is 34.0 Å². The van der Waals surface area contributed by atoms with Crippen LogP contribution in [0, 0.1) is 0 Å². The van der Waals surface area contributed by atoms with E-state index in [0.717, 1.165) is 78.9 Å². The minimum absolute atomic E-state index is 0.644. The molecule has 0 radical (unpaired) electrons. The van der Waals surface area contributed by atoms with Gasteiger partial charge in [0.2, 0.25) is 0 Å². The van der Waals surface area contributed by atoms with Gasteiger partial charge in [0.05, 0.1) is 32.8 Å². The van der Waals surface area contributed by atoms with Gasteiger partial charge in [0.1, 0.15) is 22.4 Å². The van der Waals surface area contributed by atoms with E-state index in [1.165, 1.54) is 22.7 Å². The Morgan fingerprint density at radius 2 is 1.23 bits per heavy atom. The number of rotatable bonds is 4. The highest BCUT2D eigenvalue weighted by molar-refractivity contribution is 7.58. The molecule has 26 heavy (non-hydrogen) atoms. The highest BCUT2D eigenvalue weighted by Crippen LogP contribution is 2.53. The number of carbonyl (C=O) groups is 2. The van der Waals surface area contributed by atoms with E-state index in [-0.39, 0.29) is 0 Å². The van der Waals surface area contributed by atoms with Crippen LogP contribution in [0.1, 0.15) is 19.3 Å². The Kier molecular flexibility index (Phi) is 3.71. The van der Waals surface area contributed by atoms with E-state index in [1.54, 1.807) is 12.1 Å². The summed E-state index contributed by atoms with van der Waals surface area (Å²) in [6.07, 6.45) is 1.67. The number of hydrogen-bond acceptors (Lipinski definition) is 9. The smallest absolute Gasteiger partial charge is 0.160 e. The van der Waals surface area contributed by atoms with Crippen LogP contribution < -0.4 is 0 Å². The topological polar surface area (TPSA) is 84.6 Å². The van der Waals surface area contributed by atoms with E-state index in [0.29, 0.717) is 9.75 Å². The number of aromatic nitrogens is 2. The Balaban J connectivity index is 1.86.